The predicted octanol–water partition coefficient (Wildman–Crippen LogP) is 4.00. The maximum Gasteiger partial charge on any atom is 0.189 e. The average Bonchev–Trinajstić information content (AvgIpc) is 2.75. The van der Waals surface area contributed by atoms with Gasteiger partial charge in [0, 0.05) is 28.2 Å². The molecule has 3 rings (SSSR count). The quantitative estimate of drug-likeness (QED) is 0.428. The number of unbranched alkanes of at least 4 members (excludes halogenated alkanes) is 2. The summed E-state index contributed by atoms with van der Waals surface area (Å²) in [5.74, 6) is 0. The first-order valence-corrected chi connectivity index (χ1v) is 10.8. The highest BCUT2D eigenvalue weighted by atomic mass is 31.0. The van der Waals surface area contributed by atoms with Crippen molar-refractivity contribution in [2.45, 2.75) is 76.5 Å². The van der Waals surface area contributed by atoms with Crippen molar-refractivity contribution < 1.29 is 28.2 Å². The first kappa shape index (κ1) is 22.1. The lowest BCUT2D eigenvalue weighted by atomic mass is 9.97. The Morgan fingerprint density at radius 1 is 0.964 bits per heavy atom. The van der Waals surface area contributed by atoms with Gasteiger partial charge < -0.3 is 28.2 Å². The molecule has 0 N–H and O–H groups in total. The minimum atomic E-state index is -0.532. The van der Waals surface area contributed by atoms with Crippen LogP contribution in [-0.4, -0.2) is 50.5 Å². The van der Waals surface area contributed by atoms with Gasteiger partial charge in [-0.25, -0.2) is 0 Å². The van der Waals surface area contributed by atoms with Crippen LogP contribution in [0.1, 0.15) is 51.4 Å². The minimum Gasteiger partial charge on any atom is -0.372 e. The van der Waals surface area contributed by atoms with Crippen molar-refractivity contribution >= 4 is 9.47 Å². The zero-order valence-corrected chi connectivity index (χ0v) is 18.0. The van der Waals surface area contributed by atoms with Crippen molar-refractivity contribution in [2.24, 2.45) is 0 Å². The summed E-state index contributed by atoms with van der Waals surface area (Å²) in [6.07, 6.45) is 1.96. The summed E-state index contributed by atoms with van der Waals surface area (Å²) in [5.41, 5.74) is 0.987. The Hall–Kier alpha value is -0.590. The fraction of sp³-hybridized carbons (Fsp3) is 0.714. The molecule has 2 aliphatic heterocycles. The molecule has 1 aromatic carbocycles. The molecule has 7 heteroatoms. The fourth-order valence-electron chi connectivity index (χ4n) is 3.53. The molecule has 0 bridgehead atoms. The molecule has 2 aliphatic rings. The van der Waals surface area contributed by atoms with Crippen molar-refractivity contribution in [1.29, 1.82) is 0 Å². The van der Waals surface area contributed by atoms with Crippen molar-refractivity contribution in [2.75, 3.05) is 19.8 Å². The second-order valence-electron chi connectivity index (χ2n) is 7.23. The third-order valence-electron chi connectivity index (χ3n) is 5.11. The van der Waals surface area contributed by atoms with Gasteiger partial charge in [-0.3, -0.25) is 0 Å². The van der Waals surface area contributed by atoms with Crippen LogP contribution in [0.25, 0.3) is 0 Å². The van der Waals surface area contributed by atoms with Gasteiger partial charge in [0.05, 0.1) is 6.61 Å². The average molecular weight is 412 g/mol. The monoisotopic (exact) mass is 412 g/mol. The summed E-state index contributed by atoms with van der Waals surface area (Å²) in [7, 11) is 2.29. The molecule has 1 aromatic rings. The van der Waals surface area contributed by atoms with E-state index < -0.39 is 12.6 Å². The van der Waals surface area contributed by atoms with Gasteiger partial charge in [-0.1, -0.05) is 57.0 Å². The molecular formula is C21H33O6P. The van der Waals surface area contributed by atoms with Gasteiger partial charge in [-0.2, -0.15) is 0 Å². The van der Waals surface area contributed by atoms with Crippen LogP contribution in [0.15, 0.2) is 30.3 Å². The highest BCUT2D eigenvalue weighted by Gasteiger charge is 2.51. The van der Waals surface area contributed by atoms with E-state index in [0.29, 0.717) is 19.8 Å². The number of hydrogen-bond acceptors (Lipinski definition) is 6. The molecule has 2 fully saturated rings. The van der Waals surface area contributed by atoms with Crippen molar-refractivity contribution in [3.63, 3.8) is 0 Å². The summed E-state index contributed by atoms with van der Waals surface area (Å²) < 4.78 is 36.3. The Bertz CT molecular complexity index is 559. The van der Waals surface area contributed by atoms with E-state index in [1.807, 2.05) is 30.3 Å². The lowest BCUT2D eigenvalue weighted by Crippen LogP contribution is -2.63. The molecule has 0 aliphatic carbocycles. The third kappa shape index (κ3) is 5.51. The van der Waals surface area contributed by atoms with Gasteiger partial charge in [-0.05, 0) is 12.8 Å². The van der Waals surface area contributed by atoms with Gasteiger partial charge >= 0.3 is 0 Å². The fourth-order valence-corrected chi connectivity index (χ4v) is 3.75. The SMILES string of the molecule is CCCCOC1[C@H]2OC(c3ccccc3)OCC2O[C@@H](OP)[C@H]1OCCCC. The van der Waals surface area contributed by atoms with Crippen LogP contribution < -0.4 is 0 Å². The number of benzene rings is 1. The second-order valence-corrected chi connectivity index (χ2v) is 7.51. The summed E-state index contributed by atoms with van der Waals surface area (Å²) in [6.45, 7) is 6.00. The number of fused-ring (bicyclic) bond motifs is 1. The predicted molar refractivity (Wildman–Crippen MR) is 109 cm³/mol. The molecular weight excluding hydrogens is 379 g/mol. The van der Waals surface area contributed by atoms with Crippen LogP contribution in [0.4, 0.5) is 0 Å². The maximum atomic E-state index is 6.33. The van der Waals surface area contributed by atoms with E-state index in [2.05, 4.69) is 23.3 Å². The Labute approximate surface area is 170 Å². The molecule has 6 nitrogen and oxygen atoms in total. The van der Waals surface area contributed by atoms with Crippen molar-refractivity contribution in [1.82, 2.24) is 0 Å². The normalized spacial score (nSPS) is 32.8. The summed E-state index contributed by atoms with van der Waals surface area (Å²) >= 11 is 0. The number of ether oxygens (including phenoxy) is 5. The van der Waals surface area contributed by atoms with Crippen LogP contribution >= 0.6 is 9.47 Å². The van der Waals surface area contributed by atoms with E-state index in [1.54, 1.807) is 0 Å². The number of rotatable bonds is 10. The van der Waals surface area contributed by atoms with Gasteiger partial charge in [0.15, 0.2) is 12.6 Å². The lowest BCUT2D eigenvalue weighted by molar-refractivity contribution is -0.358. The smallest absolute Gasteiger partial charge is 0.189 e. The van der Waals surface area contributed by atoms with Crippen LogP contribution in [0.2, 0.25) is 0 Å². The number of hydrogen-bond donors (Lipinski definition) is 0. The Morgan fingerprint density at radius 3 is 2.29 bits per heavy atom. The molecule has 28 heavy (non-hydrogen) atoms. The lowest BCUT2D eigenvalue weighted by Gasteiger charge is -2.48. The van der Waals surface area contributed by atoms with E-state index in [4.69, 9.17) is 28.2 Å². The first-order chi connectivity index (χ1) is 13.8. The Kier molecular flexibility index (Phi) is 9.12. The largest absolute Gasteiger partial charge is 0.372 e. The second kappa shape index (κ2) is 11.6. The Morgan fingerprint density at radius 2 is 1.64 bits per heavy atom. The molecule has 2 saturated heterocycles. The zero-order chi connectivity index (χ0) is 19.8. The van der Waals surface area contributed by atoms with Gasteiger partial charge in [-0.15, -0.1) is 0 Å². The van der Waals surface area contributed by atoms with E-state index >= 15 is 0 Å². The molecule has 0 spiro atoms. The van der Waals surface area contributed by atoms with E-state index in [-0.39, 0.29) is 24.4 Å². The molecule has 0 saturated carbocycles. The maximum absolute atomic E-state index is 6.33. The van der Waals surface area contributed by atoms with Gasteiger partial charge in [0.1, 0.15) is 24.4 Å². The summed E-state index contributed by atoms with van der Waals surface area (Å²) in [4.78, 5) is 0. The zero-order valence-electron chi connectivity index (χ0n) is 16.8. The van der Waals surface area contributed by atoms with E-state index in [1.165, 1.54) is 0 Å². The topological polar surface area (TPSA) is 55.4 Å². The Balaban J connectivity index is 1.76. The minimum absolute atomic E-state index is 0.261. The van der Waals surface area contributed by atoms with Crippen LogP contribution in [0.3, 0.4) is 0 Å². The van der Waals surface area contributed by atoms with Crippen LogP contribution in [-0.2, 0) is 28.2 Å². The van der Waals surface area contributed by atoms with Crippen molar-refractivity contribution in [3.05, 3.63) is 35.9 Å². The molecule has 0 radical (unpaired) electrons. The molecule has 158 valence electrons. The molecule has 4 unspecified atom stereocenters. The molecule has 0 amide bonds. The van der Waals surface area contributed by atoms with Gasteiger partial charge in [0.25, 0.3) is 0 Å². The van der Waals surface area contributed by atoms with Crippen LogP contribution in [0.5, 0.6) is 0 Å². The van der Waals surface area contributed by atoms with E-state index in [0.717, 1.165) is 31.2 Å². The standard InChI is InChI=1S/C21H33O6P/c1-3-5-12-22-18-17-16(25-21(27-28)19(18)23-13-6-4-2)14-24-20(26-17)15-10-8-7-9-11-15/h7-11,16-21H,3-6,12-14,28H2,1-2H3/t16?,17-,18?,19-,20?,21-/m0/s1. The van der Waals surface area contributed by atoms with Gasteiger partial charge in [0.2, 0.25) is 0 Å². The molecule has 0 aromatic heterocycles. The third-order valence-corrected chi connectivity index (χ3v) is 5.37. The van der Waals surface area contributed by atoms with E-state index in [9.17, 15) is 0 Å². The van der Waals surface area contributed by atoms with Crippen molar-refractivity contribution in [3.8, 4) is 0 Å². The molecule has 2 heterocycles. The highest BCUT2D eigenvalue weighted by molar-refractivity contribution is 7.09. The highest BCUT2D eigenvalue weighted by Crippen LogP contribution is 2.37. The van der Waals surface area contributed by atoms with Crippen LogP contribution in [0, 0.1) is 0 Å². The summed E-state index contributed by atoms with van der Waals surface area (Å²) in [5, 5.41) is 0. The summed E-state index contributed by atoms with van der Waals surface area (Å²) in [6, 6.07) is 9.95. The molecule has 7 atom stereocenters. The first-order valence-electron chi connectivity index (χ1n) is 10.3.